The van der Waals surface area contributed by atoms with Gasteiger partial charge in [0.2, 0.25) is 0 Å². The van der Waals surface area contributed by atoms with Crippen molar-refractivity contribution in [2.75, 3.05) is 0 Å². The van der Waals surface area contributed by atoms with Crippen LogP contribution in [0.15, 0.2) is 12.2 Å². The molecule has 0 saturated heterocycles. The third kappa shape index (κ3) is 9.09. The number of hydrogen-bond acceptors (Lipinski definition) is 0. The molecule has 0 heterocycles. The van der Waals surface area contributed by atoms with Crippen LogP contribution in [0.1, 0.15) is 6.92 Å². The Balaban J connectivity index is 0. The number of allylic oxidation sites excluding steroid dienone is 1. The Morgan fingerprint density at radius 2 is 2.00 bits per heavy atom. The second-order valence-corrected chi connectivity index (χ2v) is 0.905. The zero-order valence-corrected chi connectivity index (χ0v) is 4.21. The molecule has 0 aliphatic rings. The summed E-state index contributed by atoms with van der Waals surface area (Å²) in [6.07, 6.45) is 6.31. The van der Waals surface area contributed by atoms with Crippen molar-refractivity contribution in [3.63, 3.8) is 0 Å². The van der Waals surface area contributed by atoms with Gasteiger partial charge < -0.3 is 6.42 Å². The third-order valence-corrected chi connectivity index (χ3v) is 0.213. The molecule has 1 heteroatoms. The van der Waals surface area contributed by atoms with Gasteiger partial charge in [-0.2, -0.15) is 12.2 Å². The van der Waals surface area contributed by atoms with E-state index in [1.807, 2.05) is 0 Å². The Labute approximate surface area is 50.8 Å². The molecule has 0 rings (SSSR count). The van der Waals surface area contributed by atoms with E-state index >= 15 is 0 Å². The fraction of sp³-hybridized carbons (Fsp3) is 0.200. The minimum absolute atomic E-state index is 0. The maximum atomic E-state index is 6.31. The second-order valence-electron chi connectivity index (χ2n) is 0.905. The fourth-order valence-electron chi connectivity index (χ4n) is 0. The summed E-state index contributed by atoms with van der Waals surface area (Å²) in [7, 11) is 0. The molecule has 0 radical (unpaired) electrons. The monoisotopic (exact) mass is 72.1 g/mol. The SMILES string of the molecule is [C-]#CC(=C)C.[Li+]. The summed E-state index contributed by atoms with van der Waals surface area (Å²) in [6, 6.07) is 0. The van der Waals surface area contributed by atoms with Gasteiger partial charge in [0.15, 0.2) is 0 Å². The van der Waals surface area contributed by atoms with E-state index in [0.29, 0.717) is 5.57 Å². The molecular weight excluding hydrogens is 67.0 g/mol. The van der Waals surface area contributed by atoms with E-state index in [0.717, 1.165) is 0 Å². The van der Waals surface area contributed by atoms with Crippen molar-refractivity contribution in [3.05, 3.63) is 18.6 Å². The van der Waals surface area contributed by atoms with Crippen molar-refractivity contribution in [1.29, 1.82) is 0 Å². The van der Waals surface area contributed by atoms with Gasteiger partial charge in [0, 0.05) is 0 Å². The quantitative estimate of drug-likeness (QED) is 0.179. The molecular formula is C5H5Li. The van der Waals surface area contributed by atoms with E-state index in [9.17, 15) is 0 Å². The van der Waals surface area contributed by atoms with Crippen molar-refractivity contribution in [1.82, 2.24) is 0 Å². The molecule has 0 N–H and O–H groups in total. The van der Waals surface area contributed by atoms with Crippen LogP contribution in [0.2, 0.25) is 0 Å². The molecule has 0 nitrogen and oxygen atoms in total. The first-order valence-electron chi connectivity index (χ1n) is 1.35. The average Bonchev–Trinajstić information content (AvgIpc) is 1.38. The van der Waals surface area contributed by atoms with Crippen LogP contribution in [0.4, 0.5) is 0 Å². The molecule has 0 aromatic carbocycles. The smallest absolute Gasteiger partial charge is 0.366 e. The Morgan fingerprint density at radius 1 is 1.83 bits per heavy atom. The van der Waals surface area contributed by atoms with Crippen LogP contribution in [0.25, 0.3) is 0 Å². The van der Waals surface area contributed by atoms with E-state index in [1.54, 1.807) is 6.92 Å². The second kappa shape index (κ2) is 4.90. The molecule has 0 atom stereocenters. The maximum absolute atomic E-state index is 6.31. The largest absolute Gasteiger partial charge is 1.00 e. The summed E-state index contributed by atoms with van der Waals surface area (Å²) in [6.45, 7) is 5.10. The third-order valence-electron chi connectivity index (χ3n) is 0.213. The van der Waals surface area contributed by atoms with Gasteiger partial charge >= 0.3 is 18.9 Å². The minimum Gasteiger partial charge on any atom is -0.366 e. The summed E-state index contributed by atoms with van der Waals surface area (Å²) in [5, 5.41) is 0. The molecule has 0 unspecified atom stereocenters. The summed E-state index contributed by atoms with van der Waals surface area (Å²) in [5.41, 5.74) is 0.671. The van der Waals surface area contributed by atoms with E-state index in [-0.39, 0.29) is 18.9 Å². The van der Waals surface area contributed by atoms with Gasteiger partial charge in [-0.15, -0.1) is 6.92 Å². The molecule has 0 aromatic rings. The topological polar surface area (TPSA) is 0 Å². The van der Waals surface area contributed by atoms with E-state index in [4.69, 9.17) is 6.42 Å². The Kier molecular flexibility index (Phi) is 7.60. The molecule has 0 aromatic heterocycles. The Hall–Kier alpha value is -0.103. The zero-order chi connectivity index (χ0) is 4.28. The van der Waals surface area contributed by atoms with Gasteiger partial charge in [-0.05, 0) is 0 Å². The van der Waals surface area contributed by atoms with Crippen molar-refractivity contribution >= 4 is 0 Å². The van der Waals surface area contributed by atoms with Crippen molar-refractivity contribution in [2.24, 2.45) is 0 Å². The van der Waals surface area contributed by atoms with Crippen molar-refractivity contribution in [3.8, 4) is 5.92 Å². The molecule has 0 aliphatic heterocycles. The number of rotatable bonds is 0. The molecule has 0 aliphatic carbocycles. The zero-order valence-electron chi connectivity index (χ0n) is 4.21. The maximum Gasteiger partial charge on any atom is 1.00 e. The summed E-state index contributed by atoms with van der Waals surface area (Å²) in [4.78, 5) is 0. The first kappa shape index (κ1) is 9.31. The van der Waals surface area contributed by atoms with Gasteiger partial charge in [0.25, 0.3) is 0 Å². The molecule has 6 heavy (non-hydrogen) atoms. The molecule has 0 bridgehead atoms. The summed E-state index contributed by atoms with van der Waals surface area (Å²) < 4.78 is 0. The van der Waals surface area contributed by atoms with Crippen LogP contribution >= 0.6 is 0 Å². The van der Waals surface area contributed by atoms with Crippen molar-refractivity contribution < 1.29 is 18.9 Å². The standard InChI is InChI=1S/C5H5.Li/c1-4-5(2)3;/h2H2,3H3;/q-1;+1. The van der Waals surface area contributed by atoms with Crippen LogP contribution in [0.5, 0.6) is 0 Å². The predicted molar refractivity (Wildman–Crippen MR) is 21.9 cm³/mol. The Morgan fingerprint density at radius 3 is 2.00 bits per heavy atom. The van der Waals surface area contributed by atoms with Gasteiger partial charge in [-0.3, -0.25) is 5.92 Å². The normalized spacial score (nSPS) is 4.67. The summed E-state index contributed by atoms with van der Waals surface area (Å²) >= 11 is 0. The molecule has 0 amide bonds. The minimum atomic E-state index is 0. The first-order chi connectivity index (χ1) is 2.27. The van der Waals surface area contributed by atoms with Gasteiger partial charge in [-0.25, -0.2) is 0 Å². The van der Waals surface area contributed by atoms with Crippen LogP contribution in [-0.2, 0) is 0 Å². The van der Waals surface area contributed by atoms with Gasteiger partial charge in [0.1, 0.15) is 0 Å². The fourth-order valence-corrected chi connectivity index (χ4v) is 0. The average molecular weight is 72.0 g/mol. The van der Waals surface area contributed by atoms with E-state index in [1.165, 1.54) is 0 Å². The summed E-state index contributed by atoms with van der Waals surface area (Å²) in [5.74, 6) is 2.08. The van der Waals surface area contributed by atoms with Crippen LogP contribution < -0.4 is 18.9 Å². The molecule has 0 spiro atoms. The molecule has 26 valence electrons. The molecule has 0 fully saturated rings. The molecule has 0 saturated carbocycles. The number of hydrogen-bond donors (Lipinski definition) is 0. The van der Waals surface area contributed by atoms with E-state index in [2.05, 4.69) is 12.5 Å². The van der Waals surface area contributed by atoms with Crippen molar-refractivity contribution in [2.45, 2.75) is 6.92 Å². The van der Waals surface area contributed by atoms with Gasteiger partial charge in [0.05, 0.1) is 0 Å². The Bertz CT molecular complexity index is 76.4. The van der Waals surface area contributed by atoms with Crippen LogP contribution in [-0.4, -0.2) is 0 Å². The van der Waals surface area contributed by atoms with E-state index < -0.39 is 0 Å². The van der Waals surface area contributed by atoms with Crippen LogP contribution in [0.3, 0.4) is 0 Å². The first-order valence-corrected chi connectivity index (χ1v) is 1.35. The van der Waals surface area contributed by atoms with Crippen LogP contribution in [0, 0.1) is 12.3 Å². The van der Waals surface area contributed by atoms with Gasteiger partial charge in [-0.1, -0.05) is 0 Å². The predicted octanol–water partition coefficient (Wildman–Crippen LogP) is -1.84.